The molecule has 1 fully saturated rings. The minimum absolute atomic E-state index is 0.786. The molecule has 0 amide bonds. The number of nitrogens with zero attached hydrogens (tertiary/aromatic N) is 4. The molecule has 106 valence electrons. The van der Waals surface area contributed by atoms with Crippen molar-refractivity contribution in [3.05, 3.63) is 22.5 Å². The number of aromatic nitrogens is 4. The van der Waals surface area contributed by atoms with E-state index in [1.165, 1.54) is 12.8 Å². The lowest BCUT2D eigenvalue weighted by atomic mass is 10.2. The van der Waals surface area contributed by atoms with E-state index in [0.29, 0.717) is 0 Å². The summed E-state index contributed by atoms with van der Waals surface area (Å²) >= 11 is 1.67. The van der Waals surface area contributed by atoms with E-state index < -0.39 is 0 Å². The quantitative estimate of drug-likeness (QED) is 0.827. The van der Waals surface area contributed by atoms with Gasteiger partial charge in [-0.15, -0.1) is 10.2 Å². The molecule has 0 aromatic carbocycles. The summed E-state index contributed by atoms with van der Waals surface area (Å²) in [5.74, 6) is 0. The van der Waals surface area contributed by atoms with E-state index in [1.54, 1.807) is 11.3 Å². The smallest absolute Gasteiger partial charge is 0.149 e. The lowest BCUT2D eigenvalue weighted by Gasteiger charge is -2.00. The van der Waals surface area contributed by atoms with Gasteiger partial charge in [-0.3, -0.25) is 0 Å². The van der Waals surface area contributed by atoms with Gasteiger partial charge in [0.25, 0.3) is 0 Å². The average Bonchev–Trinajstić information content (AvgIpc) is 3.15. The molecule has 2 aromatic heterocycles. The molecule has 1 aliphatic rings. The molecule has 0 spiro atoms. The second-order valence-electron chi connectivity index (χ2n) is 5.32. The summed E-state index contributed by atoms with van der Waals surface area (Å²) < 4.78 is 0. The zero-order chi connectivity index (χ0) is 13.9. The Balaban J connectivity index is 1.61. The monoisotopic (exact) mass is 289 g/mol. The number of aryl methyl sites for hydroxylation is 3. The molecule has 0 radical (unpaired) electrons. The Hall–Kier alpha value is -1.40. The molecule has 3 rings (SSSR count). The Bertz CT molecular complexity index is 591. The second-order valence-corrected chi connectivity index (χ2v) is 6.38. The van der Waals surface area contributed by atoms with Crippen LogP contribution in [0.2, 0.25) is 0 Å². The number of nitrogens with one attached hydrogen (secondary N) is 1. The number of rotatable bonds is 6. The highest BCUT2D eigenvalue weighted by molar-refractivity contribution is 7.14. The van der Waals surface area contributed by atoms with E-state index in [9.17, 15) is 0 Å². The summed E-state index contributed by atoms with van der Waals surface area (Å²) in [5.41, 5.74) is 2.88. The average molecular weight is 289 g/mol. The molecular weight excluding hydrogens is 270 g/mol. The fraction of sp³-hybridized carbons (Fsp3) is 0.571. The minimum Gasteiger partial charge on any atom is -0.314 e. The summed E-state index contributed by atoms with van der Waals surface area (Å²) in [6.07, 6.45) is 4.80. The van der Waals surface area contributed by atoms with Gasteiger partial charge in [0.2, 0.25) is 0 Å². The van der Waals surface area contributed by atoms with Gasteiger partial charge in [-0.25, -0.2) is 0 Å². The van der Waals surface area contributed by atoms with Gasteiger partial charge < -0.3 is 5.32 Å². The van der Waals surface area contributed by atoms with Crippen molar-refractivity contribution in [3.63, 3.8) is 0 Å². The van der Waals surface area contributed by atoms with Crippen LogP contribution in [0.25, 0.3) is 10.6 Å². The van der Waals surface area contributed by atoms with E-state index >= 15 is 0 Å². The van der Waals surface area contributed by atoms with Gasteiger partial charge in [-0.2, -0.15) is 10.2 Å². The maximum atomic E-state index is 4.29. The van der Waals surface area contributed by atoms with Crippen molar-refractivity contribution < 1.29 is 0 Å². The first-order chi connectivity index (χ1) is 9.72. The fourth-order valence-corrected chi connectivity index (χ4v) is 3.01. The third kappa shape index (κ3) is 3.37. The van der Waals surface area contributed by atoms with Crippen LogP contribution in [0.3, 0.4) is 0 Å². The normalized spacial score (nSPS) is 14.7. The summed E-state index contributed by atoms with van der Waals surface area (Å²) in [4.78, 5) is 0. The first-order valence-corrected chi connectivity index (χ1v) is 7.91. The van der Waals surface area contributed by atoms with Gasteiger partial charge in [-0.05, 0) is 45.7 Å². The molecule has 0 bridgehead atoms. The van der Waals surface area contributed by atoms with E-state index in [2.05, 4.69) is 25.7 Å². The number of hydrogen-bond acceptors (Lipinski definition) is 6. The molecule has 1 saturated carbocycles. The van der Waals surface area contributed by atoms with Crippen LogP contribution in [0.5, 0.6) is 0 Å². The predicted molar refractivity (Wildman–Crippen MR) is 79.8 cm³/mol. The molecule has 1 N–H and O–H groups in total. The molecule has 0 aliphatic heterocycles. The summed E-state index contributed by atoms with van der Waals surface area (Å²) in [5, 5.41) is 22.4. The highest BCUT2D eigenvalue weighted by atomic mass is 32.1. The third-order valence-electron chi connectivity index (χ3n) is 3.38. The van der Waals surface area contributed by atoms with Crippen molar-refractivity contribution in [2.75, 3.05) is 6.54 Å². The Morgan fingerprint density at radius 3 is 2.85 bits per heavy atom. The molecule has 6 heteroatoms. The van der Waals surface area contributed by atoms with E-state index in [4.69, 9.17) is 0 Å². The third-order valence-corrected chi connectivity index (χ3v) is 4.39. The fourth-order valence-electron chi connectivity index (χ4n) is 2.06. The first kappa shape index (κ1) is 13.6. The highest BCUT2D eigenvalue weighted by Gasteiger charge is 2.19. The van der Waals surface area contributed by atoms with Crippen molar-refractivity contribution in [1.82, 2.24) is 25.7 Å². The van der Waals surface area contributed by atoms with Crippen LogP contribution in [0.4, 0.5) is 0 Å². The SMILES string of the molecule is Cc1cc(-c2nnc(CCCNC3CC3)s2)c(C)nn1. The molecule has 1 aliphatic carbocycles. The van der Waals surface area contributed by atoms with Crippen LogP contribution >= 0.6 is 11.3 Å². The molecule has 5 nitrogen and oxygen atoms in total. The predicted octanol–water partition coefficient (Wildman–Crippen LogP) is 2.30. The van der Waals surface area contributed by atoms with E-state index in [-0.39, 0.29) is 0 Å². The molecular formula is C14H19N5S. The van der Waals surface area contributed by atoms with Crippen LogP contribution in [-0.2, 0) is 6.42 Å². The highest BCUT2D eigenvalue weighted by Crippen LogP contribution is 2.26. The Morgan fingerprint density at radius 1 is 1.20 bits per heavy atom. The van der Waals surface area contributed by atoms with Crippen molar-refractivity contribution in [3.8, 4) is 10.6 Å². The Labute approximate surface area is 122 Å². The molecule has 0 unspecified atom stereocenters. The van der Waals surface area contributed by atoms with Crippen LogP contribution in [-0.4, -0.2) is 33.0 Å². The van der Waals surface area contributed by atoms with Gasteiger partial charge in [0, 0.05) is 18.0 Å². The maximum absolute atomic E-state index is 4.29. The van der Waals surface area contributed by atoms with Gasteiger partial charge in [0.05, 0.1) is 11.4 Å². The molecule has 0 atom stereocenters. The lowest BCUT2D eigenvalue weighted by Crippen LogP contribution is -2.17. The topological polar surface area (TPSA) is 63.6 Å². The van der Waals surface area contributed by atoms with Gasteiger partial charge >= 0.3 is 0 Å². The standard InChI is InChI=1S/C14H19N5S/c1-9-8-12(10(2)17-16-9)14-19-18-13(20-14)4-3-7-15-11-5-6-11/h8,11,15H,3-7H2,1-2H3. The second kappa shape index (κ2) is 5.93. The summed E-state index contributed by atoms with van der Waals surface area (Å²) in [7, 11) is 0. The van der Waals surface area contributed by atoms with Crippen LogP contribution in [0, 0.1) is 13.8 Å². The Kier molecular flexibility index (Phi) is 4.03. The number of hydrogen-bond donors (Lipinski definition) is 1. The van der Waals surface area contributed by atoms with Gasteiger partial charge in [-0.1, -0.05) is 11.3 Å². The summed E-state index contributed by atoms with van der Waals surface area (Å²) in [6, 6.07) is 2.81. The molecule has 0 saturated heterocycles. The van der Waals surface area contributed by atoms with Crippen LogP contribution in [0.15, 0.2) is 6.07 Å². The van der Waals surface area contributed by atoms with Crippen molar-refractivity contribution >= 4 is 11.3 Å². The maximum Gasteiger partial charge on any atom is 0.149 e. The zero-order valence-corrected chi connectivity index (χ0v) is 12.7. The van der Waals surface area contributed by atoms with Crippen LogP contribution in [0.1, 0.15) is 35.7 Å². The molecule has 2 heterocycles. The minimum atomic E-state index is 0.786. The van der Waals surface area contributed by atoms with Gasteiger partial charge in [0.1, 0.15) is 10.0 Å². The first-order valence-electron chi connectivity index (χ1n) is 7.09. The van der Waals surface area contributed by atoms with E-state index in [1.807, 2.05) is 19.9 Å². The van der Waals surface area contributed by atoms with Crippen molar-refractivity contribution in [1.29, 1.82) is 0 Å². The van der Waals surface area contributed by atoms with E-state index in [0.717, 1.165) is 52.4 Å². The van der Waals surface area contributed by atoms with Crippen molar-refractivity contribution in [2.45, 2.75) is 45.6 Å². The lowest BCUT2D eigenvalue weighted by molar-refractivity contribution is 0.643. The Morgan fingerprint density at radius 2 is 2.05 bits per heavy atom. The molecule has 2 aromatic rings. The zero-order valence-electron chi connectivity index (χ0n) is 11.9. The van der Waals surface area contributed by atoms with Crippen molar-refractivity contribution in [2.24, 2.45) is 0 Å². The largest absolute Gasteiger partial charge is 0.314 e. The summed E-state index contributed by atoms with van der Waals surface area (Å²) in [6.45, 7) is 4.98. The van der Waals surface area contributed by atoms with Gasteiger partial charge in [0.15, 0.2) is 0 Å². The molecule has 20 heavy (non-hydrogen) atoms. The van der Waals surface area contributed by atoms with Crippen LogP contribution < -0.4 is 5.32 Å².